The largest absolute Gasteiger partial charge is 0.453 e. The lowest BCUT2D eigenvalue weighted by Gasteiger charge is -2.10. The van der Waals surface area contributed by atoms with Crippen LogP contribution >= 0.6 is 11.6 Å². The summed E-state index contributed by atoms with van der Waals surface area (Å²) in [6.07, 6.45) is 3.44. The number of halogens is 1. The van der Waals surface area contributed by atoms with Crippen LogP contribution < -0.4 is 0 Å². The standard InChI is InChI=1S/C34H19ClN4O/c35-28-14-13-27(30-26-15-16-36-19-29(26)40-31(28)30)34-38-32(24-11-9-20-5-1-3-7-22(20)17-24)37-33(39-34)25-12-10-21-6-2-4-8-23(21)18-25/h1-19H. The van der Waals surface area contributed by atoms with Crippen molar-refractivity contribution >= 4 is 55.1 Å². The van der Waals surface area contributed by atoms with E-state index in [0.29, 0.717) is 33.7 Å². The van der Waals surface area contributed by atoms with Gasteiger partial charge in [-0.15, -0.1) is 0 Å². The molecule has 8 aromatic rings. The molecule has 6 heteroatoms. The molecule has 0 amide bonds. The zero-order chi connectivity index (χ0) is 26.6. The van der Waals surface area contributed by atoms with Crippen molar-refractivity contribution in [3.63, 3.8) is 0 Å². The van der Waals surface area contributed by atoms with E-state index in [1.807, 2.05) is 42.5 Å². The van der Waals surface area contributed by atoms with Crippen LogP contribution in [0.4, 0.5) is 0 Å². The highest BCUT2D eigenvalue weighted by atomic mass is 35.5. The van der Waals surface area contributed by atoms with Crippen LogP contribution in [0.3, 0.4) is 0 Å². The van der Waals surface area contributed by atoms with Gasteiger partial charge in [-0.3, -0.25) is 4.98 Å². The van der Waals surface area contributed by atoms with E-state index in [1.54, 1.807) is 12.4 Å². The minimum Gasteiger partial charge on any atom is -0.453 e. The van der Waals surface area contributed by atoms with E-state index in [2.05, 4.69) is 65.6 Å². The summed E-state index contributed by atoms with van der Waals surface area (Å²) in [6.45, 7) is 0. The molecule has 188 valence electrons. The number of pyridine rings is 1. The van der Waals surface area contributed by atoms with Crippen molar-refractivity contribution < 1.29 is 4.42 Å². The van der Waals surface area contributed by atoms with Gasteiger partial charge in [-0.05, 0) is 51.9 Å². The number of benzene rings is 5. The van der Waals surface area contributed by atoms with Gasteiger partial charge >= 0.3 is 0 Å². The van der Waals surface area contributed by atoms with Gasteiger partial charge in [0.2, 0.25) is 0 Å². The van der Waals surface area contributed by atoms with Gasteiger partial charge in [0.15, 0.2) is 28.6 Å². The molecule has 0 N–H and O–H groups in total. The van der Waals surface area contributed by atoms with Crippen LogP contribution in [0.1, 0.15) is 0 Å². The molecule has 0 saturated heterocycles. The Bertz CT molecular complexity index is 2160. The van der Waals surface area contributed by atoms with Crippen LogP contribution in [0.2, 0.25) is 5.02 Å². The van der Waals surface area contributed by atoms with Gasteiger partial charge < -0.3 is 4.42 Å². The highest BCUT2D eigenvalue weighted by Crippen LogP contribution is 2.39. The fourth-order valence-corrected chi connectivity index (χ4v) is 5.50. The average Bonchev–Trinajstić information content (AvgIpc) is 3.41. The lowest BCUT2D eigenvalue weighted by Crippen LogP contribution is -2.00. The van der Waals surface area contributed by atoms with Crippen molar-refractivity contribution in [2.24, 2.45) is 0 Å². The zero-order valence-electron chi connectivity index (χ0n) is 21.0. The van der Waals surface area contributed by atoms with E-state index < -0.39 is 0 Å². The molecule has 0 bridgehead atoms. The predicted octanol–water partition coefficient (Wildman–Crippen LogP) is 9.13. The molecule has 0 unspecified atom stereocenters. The summed E-state index contributed by atoms with van der Waals surface area (Å²) in [5.74, 6) is 1.73. The van der Waals surface area contributed by atoms with Crippen molar-refractivity contribution in [2.75, 3.05) is 0 Å². The first-order valence-corrected chi connectivity index (χ1v) is 13.3. The van der Waals surface area contributed by atoms with Gasteiger partial charge in [0.05, 0.1) is 11.2 Å². The minimum atomic E-state index is 0.522. The Morgan fingerprint density at radius 3 is 1.82 bits per heavy atom. The lowest BCUT2D eigenvalue weighted by molar-refractivity contribution is 0.667. The highest BCUT2D eigenvalue weighted by molar-refractivity contribution is 6.36. The summed E-state index contributed by atoms with van der Waals surface area (Å²) >= 11 is 6.59. The van der Waals surface area contributed by atoms with Crippen LogP contribution in [-0.4, -0.2) is 19.9 Å². The molecule has 0 spiro atoms. The van der Waals surface area contributed by atoms with Crippen molar-refractivity contribution in [2.45, 2.75) is 0 Å². The number of fused-ring (bicyclic) bond motifs is 5. The molecule has 0 saturated carbocycles. The Labute approximate surface area is 233 Å². The van der Waals surface area contributed by atoms with Crippen LogP contribution in [0, 0.1) is 0 Å². The Hall–Kier alpha value is -5.13. The lowest BCUT2D eigenvalue weighted by atomic mass is 10.0. The number of aromatic nitrogens is 4. The molecule has 5 nitrogen and oxygen atoms in total. The minimum absolute atomic E-state index is 0.522. The van der Waals surface area contributed by atoms with E-state index in [4.69, 9.17) is 31.0 Å². The van der Waals surface area contributed by atoms with Crippen LogP contribution in [0.25, 0.3) is 77.6 Å². The molecule has 5 aromatic carbocycles. The second-order valence-electron chi connectivity index (χ2n) is 9.70. The number of nitrogens with zero attached hydrogens (tertiary/aromatic N) is 4. The maximum Gasteiger partial charge on any atom is 0.164 e. The normalized spacial score (nSPS) is 11.6. The van der Waals surface area contributed by atoms with E-state index in [9.17, 15) is 0 Å². The summed E-state index contributed by atoms with van der Waals surface area (Å²) in [5, 5.41) is 6.84. The second kappa shape index (κ2) is 8.97. The molecule has 3 aromatic heterocycles. The van der Waals surface area contributed by atoms with Crippen molar-refractivity contribution in [3.05, 3.63) is 121 Å². The first kappa shape index (κ1) is 22.8. The molecule has 0 atom stereocenters. The summed E-state index contributed by atoms with van der Waals surface area (Å²) in [5.41, 5.74) is 3.88. The third kappa shape index (κ3) is 3.71. The molecule has 0 fully saturated rings. The molecular weight excluding hydrogens is 516 g/mol. The summed E-state index contributed by atoms with van der Waals surface area (Å²) in [6, 6.07) is 34.8. The number of hydrogen-bond acceptors (Lipinski definition) is 5. The molecule has 3 heterocycles. The van der Waals surface area contributed by atoms with E-state index in [0.717, 1.165) is 49.0 Å². The summed E-state index contributed by atoms with van der Waals surface area (Å²) in [7, 11) is 0. The van der Waals surface area contributed by atoms with Crippen molar-refractivity contribution in [1.82, 2.24) is 19.9 Å². The summed E-state index contributed by atoms with van der Waals surface area (Å²) in [4.78, 5) is 19.2. The predicted molar refractivity (Wildman–Crippen MR) is 161 cm³/mol. The third-order valence-corrected chi connectivity index (χ3v) is 7.56. The molecule has 40 heavy (non-hydrogen) atoms. The van der Waals surface area contributed by atoms with Gasteiger partial charge in [0.1, 0.15) is 0 Å². The quantitative estimate of drug-likeness (QED) is 0.226. The Morgan fingerprint density at radius 2 is 1.18 bits per heavy atom. The number of furan rings is 1. The van der Waals surface area contributed by atoms with Gasteiger partial charge in [-0.2, -0.15) is 0 Å². The first-order chi connectivity index (χ1) is 19.7. The van der Waals surface area contributed by atoms with Gasteiger partial charge in [-0.25, -0.2) is 15.0 Å². The molecule has 0 radical (unpaired) electrons. The Balaban J connectivity index is 1.41. The number of rotatable bonds is 3. The molecular formula is C34H19ClN4O. The fraction of sp³-hybridized carbons (Fsp3) is 0. The van der Waals surface area contributed by atoms with Crippen LogP contribution in [0.15, 0.2) is 120 Å². The van der Waals surface area contributed by atoms with Gasteiger partial charge in [-0.1, -0.05) is 84.4 Å². The molecule has 8 rings (SSSR count). The van der Waals surface area contributed by atoms with E-state index in [1.165, 1.54) is 0 Å². The van der Waals surface area contributed by atoms with Crippen molar-refractivity contribution in [3.8, 4) is 34.2 Å². The molecule has 0 aliphatic rings. The zero-order valence-corrected chi connectivity index (χ0v) is 21.8. The Kier molecular flexibility index (Phi) is 5.12. The molecule has 0 aliphatic heterocycles. The van der Waals surface area contributed by atoms with Gasteiger partial charge in [0, 0.05) is 33.7 Å². The fourth-order valence-electron chi connectivity index (χ4n) is 5.30. The monoisotopic (exact) mass is 534 g/mol. The average molecular weight is 535 g/mol. The maximum absolute atomic E-state index is 6.59. The van der Waals surface area contributed by atoms with Crippen LogP contribution in [0.5, 0.6) is 0 Å². The SMILES string of the molecule is Clc1ccc(-c2nc(-c3ccc4ccccc4c3)nc(-c3ccc4ccccc4c3)n2)c2c1oc1cnccc12. The van der Waals surface area contributed by atoms with Gasteiger partial charge in [0.25, 0.3) is 0 Å². The van der Waals surface area contributed by atoms with E-state index >= 15 is 0 Å². The first-order valence-electron chi connectivity index (χ1n) is 12.9. The highest BCUT2D eigenvalue weighted by Gasteiger charge is 2.19. The smallest absolute Gasteiger partial charge is 0.164 e. The molecule has 0 aliphatic carbocycles. The Morgan fingerprint density at radius 1 is 0.575 bits per heavy atom. The van der Waals surface area contributed by atoms with Crippen molar-refractivity contribution in [1.29, 1.82) is 0 Å². The second-order valence-corrected chi connectivity index (χ2v) is 10.1. The number of hydrogen-bond donors (Lipinski definition) is 0. The summed E-state index contributed by atoms with van der Waals surface area (Å²) < 4.78 is 6.11. The topological polar surface area (TPSA) is 64.7 Å². The maximum atomic E-state index is 6.59. The third-order valence-electron chi connectivity index (χ3n) is 7.27. The van der Waals surface area contributed by atoms with Crippen LogP contribution in [-0.2, 0) is 0 Å². The van der Waals surface area contributed by atoms with E-state index in [-0.39, 0.29) is 0 Å².